The van der Waals surface area contributed by atoms with E-state index in [0.717, 1.165) is 6.42 Å². The number of benzene rings is 1. The SMILES string of the molecule is CC(=O)Nc1ccc(S(=O)(=O)N2CCC[C@H](C(=O)NCCC(C)C)C2)cc1. The fourth-order valence-electron chi connectivity index (χ4n) is 3.07. The maximum atomic E-state index is 12.9. The highest BCUT2D eigenvalue weighted by atomic mass is 32.2. The number of hydrogen-bond donors (Lipinski definition) is 2. The molecule has 8 heteroatoms. The van der Waals surface area contributed by atoms with Gasteiger partial charge in [-0.2, -0.15) is 4.31 Å². The van der Waals surface area contributed by atoms with Crippen molar-refractivity contribution in [1.82, 2.24) is 9.62 Å². The van der Waals surface area contributed by atoms with Crippen LogP contribution < -0.4 is 10.6 Å². The Morgan fingerprint density at radius 3 is 2.48 bits per heavy atom. The number of amides is 2. The molecule has 0 spiro atoms. The molecule has 1 fully saturated rings. The van der Waals surface area contributed by atoms with Crippen LogP contribution in [0.25, 0.3) is 0 Å². The van der Waals surface area contributed by atoms with Crippen molar-refractivity contribution in [1.29, 1.82) is 0 Å². The van der Waals surface area contributed by atoms with Crippen LogP contribution in [0.4, 0.5) is 5.69 Å². The van der Waals surface area contributed by atoms with E-state index < -0.39 is 10.0 Å². The predicted octanol–water partition coefficient (Wildman–Crippen LogP) is 2.21. The highest BCUT2D eigenvalue weighted by molar-refractivity contribution is 7.89. The third-order valence-electron chi connectivity index (χ3n) is 4.59. The van der Waals surface area contributed by atoms with Gasteiger partial charge in [0.2, 0.25) is 21.8 Å². The second-order valence-electron chi connectivity index (χ2n) is 7.38. The van der Waals surface area contributed by atoms with Gasteiger partial charge < -0.3 is 10.6 Å². The second-order valence-corrected chi connectivity index (χ2v) is 9.32. The van der Waals surface area contributed by atoms with Crippen LogP contribution >= 0.6 is 0 Å². The fraction of sp³-hybridized carbons (Fsp3) is 0.579. The summed E-state index contributed by atoms with van der Waals surface area (Å²) in [5, 5.41) is 5.53. The fourth-order valence-corrected chi connectivity index (χ4v) is 4.59. The van der Waals surface area contributed by atoms with E-state index >= 15 is 0 Å². The van der Waals surface area contributed by atoms with Crippen molar-refractivity contribution in [2.75, 3.05) is 25.0 Å². The van der Waals surface area contributed by atoms with E-state index in [4.69, 9.17) is 0 Å². The molecule has 1 aliphatic rings. The molecule has 0 aromatic heterocycles. The Morgan fingerprint density at radius 2 is 1.89 bits per heavy atom. The number of nitrogens with zero attached hydrogens (tertiary/aromatic N) is 1. The summed E-state index contributed by atoms with van der Waals surface area (Å²) in [5.74, 6) is -0.0992. The molecule has 2 amide bonds. The quantitative estimate of drug-likeness (QED) is 0.740. The second kappa shape index (κ2) is 9.32. The number of anilines is 1. The van der Waals surface area contributed by atoms with Gasteiger partial charge in [0, 0.05) is 32.2 Å². The topological polar surface area (TPSA) is 95.6 Å². The van der Waals surface area contributed by atoms with Gasteiger partial charge in [-0.15, -0.1) is 0 Å². The number of nitrogens with one attached hydrogen (secondary N) is 2. The molecule has 2 N–H and O–H groups in total. The number of sulfonamides is 1. The summed E-state index contributed by atoms with van der Waals surface area (Å²) in [6, 6.07) is 6.09. The third-order valence-corrected chi connectivity index (χ3v) is 6.47. The first kappa shape index (κ1) is 21.4. The van der Waals surface area contributed by atoms with E-state index in [0.29, 0.717) is 37.5 Å². The maximum Gasteiger partial charge on any atom is 0.243 e. The van der Waals surface area contributed by atoms with Gasteiger partial charge in [0.25, 0.3) is 0 Å². The molecule has 27 heavy (non-hydrogen) atoms. The summed E-state index contributed by atoms with van der Waals surface area (Å²) in [7, 11) is -3.67. The molecule has 1 heterocycles. The van der Waals surface area contributed by atoms with E-state index in [9.17, 15) is 18.0 Å². The summed E-state index contributed by atoms with van der Waals surface area (Å²) in [4.78, 5) is 23.6. The molecular formula is C19H29N3O4S. The zero-order valence-electron chi connectivity index (χ0n) is 16.2. The Bertz CT molecular complexity index is 760. The summed E-state index contributed by atoms with van der Waals surface area (Å²) < 4.78 is 27.2. The maximum absolute atomic E-state index is 12.9. The number of rotatable bonds is 7. The monoisotopic (exact) mass is 395 g/mol. The lowest BCUT2D eigenvalue weighted by atomic mass is 9.98. The Hall–Kier alpha value is -1.93. The molecule has 0 bridgehead atoms. The molecule has 150 valence electrons. The summed E-state index contributed by atoms with van der Waals surface area (Å²) >= 11 is 0. The van der Waals surface area contributed by atoms with Gasteiger partial charge in [0.15, 0.2) is 0 Å². The van der Waals surface area contributed by atoms with Gasteiger partial charge in [-0.25, -0.2) is 8.42 Å². The van der Waals surface area contributed by atoms with E-state index in [-0.39, 0.29) is 29.2 Å². The van der Waals surface area contributed by atoms with Crippen molar-refractivity contribution >= 4 is 27.5 Å². The van der Waals surface area contributed by atoms with Crippen LogP contribution in [0, 0.1) is 11.8 Å². The van der Waals surface area contributed by atoms with Gasteiger partial charge in [-0.3, -0.25) is 9.59 Å². The zero-order valence-corrected chi connectivity index (χ0v) is 17.0. The first-order valence-corrected chi connectivity index (χ1v) is 10.8. The van der Waals surface area contributed by atoms with Crippen molar-refractivity contribution in [2.24, 2.45) is 11.8 Å². The van der Waals surface area contributed by atoms with Gasteiger partial charge in [-0.05, 0) is 49.4 Å². The molecule has 0 saturated carbocycles. The van der Waals surface area contributed by atoms with Gasteiger partial charge >= 0.3 is 0 Å². The molecule has 0 unspecified atom stereocenters. The molecule has 7 nitrogen and oxygen atoms in total. The van der Waals surface area contributed by atoms with Crippen LogP contribution in [-0.4, -0.2) is 44.2 Å². The first-order chi connectivity index (χ1) is 12.7. The van der Waals surface area contributed by atoms with Crippen LogP contribution in [0.5, 0.6) is 0 Å². The zero-order chi connectivity index (χ0) is 20.0. The number of carbonyl (C=O) groups is 2. The minimum atomic E-state index is -3.67. The Balaban J connectivity index is 2.03. The molecule has 1 saturated heterocycles. The molecular weight excluding hydrogens is 366 g/mol. The lowest BCUT2D eigenvalue weighted by Gasteiger charge is -2.31. The van der Waals surface area contributed by atoms with Gasteiger partial charge in [0.1, 0.15) is 0 Å². The minimum absolute atomic E-state index is 0.0726. The number of hydrogen-bond acceptors (Lipinski definition) is 4. The van der Waals surface area contributed by atoms with Crippen molar-refractivity contribution < 1.29 is 18.0 Å². The van der Waals surface area contributed by atoms with Crippen molar-refractivity contribution in [2.45, 2.75) is 44.9 Å². The summed E-state index contributed by atoms with van der Waals surface area (Å²) in [6.45, 7) is 6.81. The number of carbonyl (C=O) groups excluding carboxylic acids is 2. The normalized spacial score (nSPS) is 18.3. The van der Waals surface area contributed by atoms with E-state index in [1.165, 1.54) is 23.4 Å². The van der Waals surface area contributed by atoms with Crippen LogP contribution in [-0.2, 0) is 19.6 Å². The predicted molar refractivity (Wildman–Crippen MR) is 105 cm³/mol. The third kappa shape index (κ3) is 6.04. The number of piperidine rings is 1. The minimum Gasteiger partial charge on any atom is -0.356 e. The van der Waals surface area contributed by atoms with E-state index in [1.807, 2.05) is 0 Å². The molecule has 1 aromatic rings. The average Bonchev–Trinajstić information content (AvgIpc) is 2.61. The molecule has 1 aliphatic heterocycles. The highest BCUT2D eigenvalue weighted by Crippen LogP contribution is 2.25. The molecule has 1 aromatic carbocycles. The van der Waals surface area contributed by atoms with Crippen molar-refractivity contribution in [3.8, 4) is 0 Å². The molecule has 0 aliphatic carbocycles. The van der Waals surface area contributed by atoms with Gasteiger partial charge in [-0.1, -0.05) is 13.8 Å². The lowest BCUT2D eigenvalue weighted by Crippen LogP contribution is -2.45. The molecule has 2 rings (SSSR count). The standard InChI is InChI=1S/C19H29N3O4S/c1-14(2)10-11-20-19(24)16-5-4-12-22(13-16)27(25,26)18-8-6-17(7-9-18)21-15(3)23/h6-9,14,16H,4-5,10-13H2,1-3H3,(H,20,24)(H,21,23)/t16-/m0/s1. The highest BCUT2D eigenvalue weighted by Gasteiger charge is 2.33. The molecule has 0 radical (unpaired) electrons. The largest absolute Gasteiger partial charge is 0.356 e. The first-order valence-electron chi connectivity index (χ1n) is 9.35. The molecule has 1 atom stereocenters. The van der Waals surface area contributed by atoms with E-state index in [1.54, 1.807) is 12.1 Å². The summed E-state index contributed by atoms with van der Waals surface area (Å²) in [5.41, 5.74) is 0.544. The van der Waals surface area contributed by atoms with Crippen LogP contribution in [0.3, 0.4) is 0 Å². The van der Waals surface area contributed by atoms with Crippen molar-refractivity contribution in [3.63, 3.8) is 0 Å². The Labute approximate surface area is 161 Å². The summed E-state index contributed by atoms with van der Waals surface area (Å²) in [6.07, 6.45) is 2.26. The Morgan fingerprint density at radius 1 is 1.22 bits per heavy atom. The van der Waals surface area contributed by atoms with Crippen LogP contribution in [0.1, 0.15) is 40.0 Å². The van der Waals surface area contributed by atoms with Crippen molar-refractivity contribution in [3.05, 3.63) is 24.3 Å². The van der Waals surface area contributed by atoms with Crippen LogP contribution in [0.15, 0.2) is 29.2 Å². The van der Waals surface area contributed by atoms with Crippen LogP contribution in [0.2, 0.25) is 0 Å². The lowest BCUT2D eigenvalue weighted by molar-refractivity contribution is -0.126. The smallest absolute Gasteiger partial charge is 0.243 e. The van der Waals surface area contributed by atoms with Gasteiger partial charge in [0.05, 0.1) is 10.8 Å². The van der Waals surface area contributed by atoms with E-state index in [2.05, 4.69) is 24.5 Å². The Kier molecular flexibility index (Phi) is 7.38. The average molecular weight is 396 g/mol.